The standard InChI is InChI=1S/C22H30OS/c1-13(2)16-11-18(14(3)4)21(19(12-16)15(5)6)22(23)17-9-7-8-10-20(17)24/h7-15,22-24H,1-6H3. The average Bonchev–Trinajstić information content (AvgIpc) is 2.53. The van der Waals surface area contributed by atoms with E-state index in [1.54, 1.807) is 0 Å². The maximum Gasteiger partial charge on any atom is 0.106 e. The Kier molecular flexibility index (Phi) is 6.17. The highest BCUT2D eigenvalue weighted by Crippen LogP contribution is 2.39. The normalized spacial score (nSPS) is 13.1. The van der Waals surface area contributed by atoms with Crippen LogP contribution in [0.5, 0.6) is 0 Å². The summed E-state index contributed by atoms with van der Waals surface area (Å²) in [7, 11) is 0. The van der Waals surface area contributed by atoms with Gasteiger partial charge < -0.3 is 5.11 Å². The van der Waals surface area contributed by atoms with Crippen molar-refractivity contribution in [1.29, 1.82) is 0 Å². The molecular formula is C22H30OS. The SMILES string of the molecule is CC(C)c1cc(C(C)C)c(C(O)c2ccccc2S)c(C(C)C)c1. The molecule has 130 valence electrons. The predicted octanol–water partition coefficient (Wildman–Crippen LogP) is 6.43. The fourth-order valence-corrected chi connectivity index (χ4v) is 3.48. The molecule has 0 aliphatic heterocycles. The molecule has 0 saturated carbocycles. The van der Waals surface area contributed by atoms with E-state index in [9.17, 15) is 5.11 Å². The van der Waals surface area contributed by atoms with Gasteiger partial charge in [-0.1, -0.05) is 71.9 Å². The van der Waals surface area contributed by atoms with Crippen molar-refractivity contribution in [3.05, 3.63) is 64.2 Å². The van der Waals surface area contributed by atoms with Crippen LogP contribution in [-0.2, 0) is 0 Å². The molecule has 0 aliphatic carbocycles. The molecule has 1 N–H and O–H groups in total. The zero-order valence-electron chi connectivity index (χ0n) is 15.7. The Morgan fingerprint density at radius 1 is 0.750 bits per heavy atom. The van der Waals surface area contributed by atoms with Gasteiger partial charge in [0.25, 0.3) is 0 Å². The van der Waals surface area contributed by atoms with Crippen LogP contribution >= 0.6 is 12.6 Å². The topological polar surface area (TPSA) is 20.2 Å². The summed E-state index contributed by atoms with van der Waals surface area (Å²) in [4.78, 5) is 0.836. The first-order chi connectivity index (χ1) is 11.2. The minimum absolute atomic E-state index is 0.359. The number of hydrogen-bond acceptors (Lipinski definition) is 2. The molecule has 0 radical (unpaired) electrons. The Balaban J connectivity index is 2.73. The van der Waals surface area contributed by atoms with Crippen LogP contribution in [0.4, 0.5) is 0 Å². The van der Waals surface area contributed by atoms with Gasteiger partial charge in [-0.25, -0.2) is 0 Å². The lowest BCUT2D eigenvalue weighted by molar-refractivity contribution is 0.214. The lowest BCUT2D eigenvalue weighted by atomic mass is 9.81. The van der Waals surface area contributed by atoms with Crippen LogP contribution in [0.15, 0.2) is 41.3 Å². The van der Waals surface area contributed by atoms with E-state index in [1.165, 1.54) is 16.7 Å². The van der Waals surface area contributed by atoms with E-state index in [0.717, 1.165) is 16.0 Å². The van der Waals surface area contributed by atoms with Crippen LogP contribution in [0.2, 0.25) is 0 Å². The van der Waals surface area contributed by atoms with E-state index >= 15 is 0 Å². The van der Waals surface area contributed by atoms with Crippen molar-refractivity contribution in [2.75, 3.05) is 0 Å². The van der Waals surface area contributed by atoms with Gasteiger partial charge in [0.05, 0.1) is 0 Å². The maximum atomic E-state index is 11.2. The van der Waals surface area contributed by atoms with E-state index < -0.39 is 6.10 Å². The van der Waals surface area contributed by atoms with Crippen LogP contribution in [0.25, 0.3) is 0 Å². The summed E-state index contributed by atoms with van der Waals surface area (Å²) in [6.45, 7) is 13.3. The number of thiol groups is 1. The Morgan fingerprint density at radius 3 is 1.67 bits per heavy atom. The molecule has 0 heterocycles. The number of benzene rings is 2. The van der Waals surface area contributed by atoms with Gasteiger partial charge in [-0.3, -0.25) is 0 Å². The smallest absolute Gasteiger partial charge is 0.106 e. The Hall–Kier alpha value is -1.25. The van der Waals surface area contributed by atoms with Crippen molar-refractivity contribution < 1.29 is 5.11 Å². The van der Waals surface area contributed by atoms with Crippen LogP contribution in [0.3, 0.4) is 0 Å². The zero-order chi connectivity index (χ0) is 18.0. The van der Waals surface area contributed by atoms with Crippen LogP contribution in [0.1, 0.15) is 93.2 Å². The quantitative estimate of drug-likeness (QED) is 0.600. The number of aliphatic hydroxyl groups is 1. The highest BCUT2D eigenvalue weighted by atomic mass is 32.1. The van der Waals surface area contributed by atoms with Crippen molar-refractivity contribution in [2.45, 2.75) is 70.3 Å². The van der Waals surface area contributed by atoms with Crippen LogP contribution < -0.4 is 0 Å². The van der Waals surface area contributed by atoms with E-state index in [0.29, 0.717) is 17.8 Å². The third-order valence-corrected chi connectivity index (χ3v) is 5.09. The van der Waals surface area contributed by atoms with E-state index in [-0.39, 0.29) is 0 Å². The molecule has 0 aromatic heterocycles. The van der Waals surface area contributed by atoms with Crippen LogP contribution in [-0.4, -0.2) is 5.11 Å². The summed E-state index contributed by atoms with van der Waals surface area (Å²) >= 11 is 4.55. The molecule has 0 aliphatic rings. The third kappa shape index (κ3) is 3.87. The fourth-order valence-electron chi connectivity index (χ4n) is 3.20. The second-order valence-corrected chi connectivity index (χ2v) is 8.02. The number of hydrogen-bond donors (Lipinski definition) is 2. The van der Waals surface area contributed by atoms with Crippen molar-refractivity contribution in [3.63, 3.8) is 0 Å². The average molecular weight is 343 g/mol. The summed E-state index contributed by atoms with van der Waals surface area (Å²) in [5, 5.41) is 11.2. The van der Waals surface area contributed by atoms with Crippen molar-refractivity contribution in [2.24, 2.45) is 0 Å². The summed E-state index contributed by atoms with van der Waals surface area (Å²) in [5.41, 5.74) is 5.77. The fraction of sp³-hybridized carbons (Fsp3) is 0.455. The molecule has 2 aromatic carbocycles. The van der Waals surface area contributed by atoms with Gasteiger partial charge in [0.2, 0.25) is 0 Å². The predicted molar refractivity (Wildman–Crippen MR) is 106 cm³/mol. The Bertz CT molecular complexity index is 672. The van der Waals surface area contributed by atoms with Gasteiger partial charge in [-0.2, -0.15) is 0 Å². The molecule has 2 aromatic rings. The molecule has 0 amide bonds. The summed E-state index contributed by atoms with van der Waals surface area (Å²) in [5.74, 6) is 1.19. The lowest BCUT2D eigenvalue weighted by Gasteiger charge is -2.26. The Morgan fingerprint density at radius 2 is 1.25 bits per heavy atom. The highest BCUT2D eigenvalue weighted by molar-refractivity contribution is 7.80. The Labute approximate surface area is 152 Å². The first-order valence-corrected chi connectivity index (χ1v) is 9.32. The van der Waals surface area contributed by atoms with E-state index in [2.05, 4.69) is 66.3 Å². The molecule has 1 atom stereocenters. The van der Waals surface area contributed by atoms with Crippen LogP contribution in [0, 0.1) is 0 Å². The first-order valence-electron chi connectivity index (χ1n) is 8.87. The zero-order valence-corrected chi connectivity index (χ0v) is 16.6. The van der Waals surface area contributed by atoms with Gasteiger partial charge in [0.1, 0.15) is 6.10 Å². The van der Waals surface area contributed by atoms with Crippen molar-refractivity contribution in [3.8, 4) is 0 Å². The first kappa shape index (κ1) is 19.1. The van der Waals surface area contributed by atoms with Gasteiger partial charge in [0, 0.05) is 4.90 Å². The molecule has 1 unspecified atom stereocenters. The minimum Gasteiger partial charge on any atom is -0.384 e. The summed E-state index contributed by atoms with van der Waals surface area (Å²) in [6.07, 6.45) is -0.644. The highest BCUT2D eigenvalue weighted by Gasteiger charge is 2.24. The molecule has 0 spiro atoms. The maximum absolute atomic E-state index is 11.2. The molecule has 24 heavy (non-hydrogen) atoms. The summed E-state index contributed by atoms with van der Waals surface area (Å²) < 4.78 is 0. The number of rotatable bonds is 5. The number of aliphatic hydroxyl groups excluding tert-OH is 1. The molecule has 0 saturated heterocycles. The molecular weight excluding hydrogens is 312 g/mol. The molecule has 0 fully saturated rings. The minimum atomic E-state index is -0.644. The van der Waals surface area contributed by atoms with Gasteiger partial charge >= 0.3 is 0 Å². The molecule has 0 bridgehead atoms. The van der Waals surface area contributed by atoms with E-state index in [4.69, 9.17) is 0 Å². The third-order valence-electron chi connectivity index (χ3n) is 4.68. The molecule has 1 nitrogen and oxygen atoms in total. The van der Waals surface area contributed by atoms with Gasteiger partial charge in [0.15, 0.2) is 0 Å². The summed E-state index contributed by atoms with van der Waals surface area (Å²) in [6, 6.07) is 12.4. The molecule has 2 heteroatoms. The van der Waals surface area contributed by atoms with Crippen molar-refractivity contribution in [1.82, 2.24) is 0 Å². The largest absolute Gasteiger partial charge is 0.384 e. The van der Waals surface area contributed by atoms with Gasteiger partial charge in [-0.05, 0) is 51.6 Å². The van der Waals surface area contributed by atoms with Crippen molar-refractivity contribution >= 4 is 12.6 Å². The van der Waals surface area contributed by atoms with E-state index in [1.807, 2.05) is 24.3 Å². The monoisotopic (exact) mass is 342 g/mol. The lowest BCUT2D eigenvalue weighted by Crippen LogP contribution is -2.12. The second kappa shape index (κ2) is 7.76. The second-order valence-electron chi connectivity index (χ2n) is 7.54. The van der Waals surface area contributed by atoms with Gasteiger partial charge in [-0.15, -0.1) is 12.6 Å². The molecule has 2 rings (SSSR count).